The van der Waals surface area contributed by atoms with E-state index < -0.39 is 18.3 Å². The molecule has 0 aliphatic carbocycles. The van der Waals surface area contributed by atoms with Gasteiger partial charge in [0.2, 0.25) is 0 Å². The standard InChI is InChI=1S/C17H24BFO3/c1-16(2)17(3,4)22-18(21-16)15-11-13(19)5-6-14(15)12-7-9-20-10-8-12/h5-6,11-12H,7-10H2,1-4H3. The van der Waals surface area contributed by atoms with E-state index in [0.29, 0.717) is 5.92 Å². The summed E-state index contributed by atoms with van der Waals surface area (Å²) in [5.41, 5.74) is 1.11. The zero-order chi connectivity index (χ0) is 16.0. The maximum Gasteiger partial charge on any atom is 0.495 e. The summed E-state index contributed by atoms with van der Waals surface area (Å²) in [6, 6.07) is 4.97. The Morgan fingerprint density at radius 2 is 1.64 bits per heavy atom. The Kier molecular flexibility index (Phi) is 4.08. The fourth-order valence-corrected chi connectivity index (χ4v) is 3.10. The Hall–Kier alpha value is -0.905. The van der Waals surface area contributed by atoms with Gasteiger partial charge in [-0.1, -0.05) is 6.07 Å². The molecule has 2 fully saturated rings. The lowest BCUT2D eigenvalue weighted by Crippen LogP contribution is -2.41. The van der Waals surface area contributed by atoms with E-state index in [4.69, 9.17) is 14.0 Å². The molecule has 3 nitrogen and oxygen atoms in total. The van der Waals surface area contributed by atoms with Gasteiger partial charge >= 0.3 is 7.12 Å². The van der Waals surface area contributed by atoms with Gasteiger partial charge in [0.25, 0.3) is 0 Å². The van der Waals surface area contributed by atoms with E-state index in [1.165, 1.54) is 6.07 Å². The molecule has 0 bridgehead atoms. The van der Waals surface area contributed by atoms with Gasteiger partial charge in [-0.05, 0) is 69.6 Å². The van der Waals surface area contributed by atoms with Crippen molar-refractivity contribution >= 4 is 12.6 Å². The van der Waals surface area contributed by atoms with E-state index in [-0.39, 0.29) is 5.82 Å². The first-order valence-electron chi connectivity index (χ1n) is 8.03. The molecule has 1 aromatic carbocycles. The summed E-state index contributed by atoms with van der Waals surface area (Å²) in [6.45, 7) is 9.57. The summed E-state index contributed by atoms with van der Waals surface area (Å²) in [5.74, 6) is 0.129. The average molecular weight is 306 g/mol. The predicted octanol–water partition coefficient (Wildman–Crippen LogP) is 3.02. The molecule has 120 valence electrons. The van der Waals surface area contributed by atoms with Gasteiger partial charge in [-0.25, -0.2) is 4.39 Å². The van der Waals surface area contributed by atoms with Crippen molar-refractivity contribution in [2.75, 3.05) is 13.2 Å². The van der Waals surface area contributed by atoms with Gasteiger partial charge in [-0.3, -0.25) is 0 Å². The lowest BCUT2D eigenvalue weighted by Gasteiger charge is -2.32. The maximum atomic E-state index is 13.8. The molecule has 0 atom stereocenters. The molecule has 0 N–H and O–H groups in total. The third kappa shape index (κ3) is 2.82. The summed E-state index contributed by atoms with van der Waals surface area (Å²) in [6.07, 6.45) is 1.91. The molecule has 2 aliphatic heterocycles. The van der Waals surface area contributed by atoms with Crippen molar-refractivity contribution in [3.05, 3.63) is 29.6 Å². The van der Waals surface area contributed by atoms with Crippen LogP contribution < -0.4 is 5.46 Å². The first-order chi connectivity index (χ1) is 10.3. The Balaban J connectivity index is 1.94. The molecule has 2 aliphatic rings. The summed E-state index contributed by atoms with van der Waals surface area (Å²) in [4.78, 5) is 0. The molecular weight excluding hydrogens is 282 g/mol. The first-order valence-corrected chi connectivity index (χ1v) is 8.03. The van der Waals surface area contributed by atoms with Crippen LogP contribution in [0.3, 0.4) is 0 Å². The smallest absolute Gasteiger partial charge is 0.399 e. The SMILES string of the molecule is CC1(C)OB(c2cc(F)ccc2C2CCOCC2)OC1(C)C. The Morgan fingerprint density at radius 3 is 2.23 bits per heavy atom. The second-order valence-electron chi connectivity index (χ2n) is 7.25. The minimum atomic E-state index is -0.515. The zero-order valence-corrected chi connectivity index (χ0v) is 13.8. The fraction of sp³-hybridized carbons (Fsp3) is 0.647. The molecule has 0 spiro atoms. The number of hydrogen-bond acceptors (Lipinski definition) is 3. The van der Waals surface area contributed by atoms with Gasteiger partial charge < -0.3 is 14.0 Å². The van der Waals surface area contributed by atoms with Crippen LogP contribution in [0.25, 0.3) is 0 Å². The van der Waals surface area contributed by atoms with Crippen LogP contribution in [-0.2, 0) is 14.0 Å². The van der Waals surface area contributed by atoms with E-state index in [1.54, 1.807) is 6.07 Å². The fourth-order valence-electron chi connectivity index (χ4n) is 3.10. The molecule has 22 heavy (non-hydrogen) atoms. The maximum absolute atomic E-state index is 13.8. The predicted molar refractivity (Wildman–Crippen MR) is 84.9 cm³/mol. The van der Waals surface area contributed by atoms with Crippen molar-refractivity contribution in [2.45, 2.75) is 57.7 Å². The number of ether oxygens (including phenoxy) is 1. The van der Waals surface area contributed by atoms with Crippen LogP contribution in [0.4, 0.5) is 4.39 Å². The molecule has 1 aromatic rings. The van der Waals surface area contributed by atoms with Gasteiger partial charge in [0.1, 0.15) is 5.82 Å². The number of halogens is 1. The number of rotatable bonds is 2. The number of benzene rings is 1. The Bertz CT molecular complexity index is 537. The van der Waals surface area contributed by atoms with Crippen LogP contribution >= 0.6 is 0 Å². The average Bonchev–Trinajstić information content (AvgIpc) is 2.68. The van der Waals surface area contributed by atoms with Gasteiger partial charge in [0.15, 0.2) is 0 Å². The zero-order valence-electron chi connectivity index (χ0n) is 13.8. The minimum Gasteiger partial charge on any atom is -0.399 e. The highest BCUT2D eigenvalue weighted by atomic mass is 19.1. The molecule has 0 aromatic heterocycles. The molecule has 3 rings (SSSR count). The van der Waals surface area contributed by atoms with Gasteiger partial charge in [-0.15, -0.1) is 0 Å². The lowest BCUT2D eigenvalue weighted by molar-refractivity contribution is 0.00578. The van der Waals surface area contributed by atoms with Gasteiger partial charge in [0.05, 0.1) is 11.2 Å². The van der Waals surface area contributed by atoms with E-state index in [9.17, 15) is 4.39 Å². The minimum absolute atomic E-state index is 0.250. The third-order valence-corrected chi connectivity index (χ3v) is 5.22. The first kappa shape index (κ1) is 16.0. The van der Waals surface area contributed by atoms with Gasteiger partial charge in [-0.2, -0.15) is 0 Å². The Labute approximate surface area is 132 Å². The lowest BCUT2D eigenvalue weighted by atomic mass is 9.71. The summed E-state index contributed by atoms with van der Waals surface area (Å²) >= 11 is 0. The van der Waals surface area contributed by atoms with Gasteiger partial charge in [0, 0.05) is 13.2 Å². The normalized spacial score (nSPS) is 24.7. The summed E-state index contributed by atoms with van der Waals surface area (Å²) < 4.78 is 31.5. The molecule has 2 saturated heterocycles. The second-order valence-corrected chi connectivity index (χ2v) is 7.25. The van der Waals surface area contributed by atoms with E-state index in [0.717, 1.165) is 37.1 Å². The summed E-state index contributed by atoms with van der Waals surface area (Å²) in [5, 5.41) is 0. The van der Waals surface area contributed by atoms with Crippen molar-refractivity contribution in [1.29, 1.82) is 0 Å². The van der Waals surface area contributed by atoms with Crippen molar-refractivity contribution < 1.29 is 18.4 Å². The molecule has 0 amide bonds. The second kappa shape index (κ2) is 5.62. The molecule has 2 heterocycles. The quantitative estimate of drug-likeness (QED) is 0.786. The molecule has 5 heteroatoms. The monoisotopic (exact) mass is 306 g/mol. The third-order valence-electron chi connectivity index (χ3n) is 5.22. The largest absolute Gasteiger partial charge is 0.495 e. The van der Waals surface area contributed by atoms with Crippen LogP contribution in [0.1, 0.15) is 52.0 Å². The van der Waals surface area contributed by atoms with Crippen LogP contribution in [0.5, 0.6) is 0 Å². The topological polar surface area (TPSA) is 27.7 Å². The van der Waals surface area contributed by atoms with Crippen molar-refractivity contribution in [3.63, 3.8) is 0 Å². The molecule has 0 radical (unpaired) electrons. The summed E-state index contributed by atoms with van der Waals surface area (Å²) in [7, 11) is -0.515. The highest BCUT2D eigenvalue weighted by molar-refractivity contribution is 6.62. The molecule has 0 unspecified atom stereocenters. The molecule has 0 saturated carbocycles. The highest BCUT2D eigenvalue weighted by Crippen LogP contribution is 2.37. The van der Waals surface area contributed by atoms with Crippen molar-refractivity contribution in [2.24, 2.45) is 0 Å². The number of hydrogen-bond donors (Lipinski definition) is 0. The van der Waals surface area contributed by atoms with Crippen molar-refractivity contribution in [3.8, 4) is 0 Å². The van der Waals surface area contributed by atoms with Crippen LogP contribution in [0.2, 0.25) is 0 Å². The molecular formula is C17H24BFO3. The highest BCUT2D eigenvalue weighted by Gasteiger charge is 2.52. The van der Waals surface area contributed by atoms with E-state index in [1.807, 2.05) is 33.8 Å². The van der Waals surface area contributed by atoms with Crippen LogP contribution in [0.15, 0.2) is 18.2 Å². The van der Waals surface area contributed by atoms with Crippen LogP contribution in [-0.4, -0.2) is 31.5 Å². The van der Waals surface area contributed by atoms with Crippen LogP contribution in [0, 0.1) is 5.82 Å². The Morgan fingerprint density at radius 1 is 1.05 bits per heavy atom. The van der Waals surface area contributed by atoms with E-state index >= 15 is 0 Å². The van der Waals surface area contributed by atoms with Crippen molar-refractivity contribution in [1.82, 2.24) is 0 Å². The van der Waals surface area contributed by atoms with E-state index in [2.05, 4.69) is 0 Å².